The van der Waals surface area contributed by atoms with Gasteiger partial charge in [0.15, 0.2) is 0 Å². The Bertz CT molecular complexity index is 694. The Hall–Kier alpha value is -1.44. The number of carbonyl (C=O) groups excluding carboxylic acids is 1. The van der Waals surface area contributed by atoms with Crippen molar-refractivity contribution in [3.8, 4) is 0 Å². The molecule has 1 heterocycles. The maximum absolute atomic E-state index is 12.6. The van der Waals surface area contributed by atoms with E-state index in [0.29, 0.717) is 38.8 Å². The van der Waals surface area contributed by atoms with Gasteiger partial charge in [-0.1, -0.05) is 43.2 Å². The third-order valence-electron chi connectivity index (χ3n) is 5.51. The van der Waals surface area contributed by atoms with E-state index in [1.54, 1.807) is 4.90 Å². The number of piperazine rings is 1. The van der Waals surface area contributed by atoms with Gasteiger partial charge in [-0.3, -0.25) is 9.69 Å². The lowest BCUT2D eigenvalue weighted by Gasteiger charge is -2.35. The fraction of sp³-hybridized carbons (Fsp3) is 0.632. The predicted octanol–water partition coefficient (Wildman–Crippen LogP) is 1.54. The molecule has 0 aromatic heterocycles. The van der Waals surface area contributed by atoms with Crippen molar-refractivity contribution in [1.29, 1.82) is 0 Å². The molecule has 7 heteroatoms. The first kappa shape index (κ1) is 19.3. The van der Waals surface area contributed by atoms with Crippen LogP contribution in [0, 0.1) is 0 Å². The first-order valence-corrected chi connectivity index (χ1v) is 11.1. The molecule has 0 radical (unpaired) electrons. The lowest BCUT2D eigenvalue weighted by molar-refractivity contribution is -0.133. The van der Waals surface area contributed by atoms with E-state index < -0.39 is 10.0 Å². The van der Waals surface area contributed by atoms with Gasteiger partial charge in [0, 0.05) is 32.2 Å². The summed E-state index contributed by atoms with van der Waals surface area (Å²) < 4.78 is 26.7. The zero-order chi connectivity index (χ0) is 18.6. The Morgan fingerprint density at radius 1 is 1.08 bits per heavy atom. The molecule has 0 unspecified atom stereocenters. The molecule has 1 saturated heterocycles. The molecule has 1 saturated carbocycles. The fourth-order valence-corrected chi connectivity index (χ4v) is 5.40. The van der Waals surface area contributed by atoms with E-state index in [9.17, 15) is 13.2 Å². The van der Waals surface area contributed by atoms with E-state index in [2.05, 4.69) is 4.90 Å². The van der Waals surface area contributed by atoms with Crippen LogP contribution in [0.25, 0.3) is 0 Å². The van der Waals surface area contributed by atoms with Crippen LogP contribution in [0.3, 0.4) is 0 Å². The molecule has 2 aliphatic rings. The molecule has 3 rings (SSSR count). The maximum atomic E-state index is 12.6. The average molecular weight is 380 g/mol. The highest BCUT2D eigenvalue weighted by atomic mass is 32.2. The monoisotopic (exact) mass is 379 g/mol. The highest BCUT2D eigenvalue weighted by molar-refractivity contribution is 7.88. The highest BCUT2D eigenvalue weighted by Crippen LogP contribution is 2.22. The van der Waals surface area contributed by atoms with Gasteiger partial charge in [-0.25, -0.2) is 8.42 Å². The molecular weight excluding hydrogens is 350 g/mol. The van der Waals surface area contributed by atoms with Gasteiger partial charge in [-0.15, -0.1) is 0 Å². The lowest BCUT2D eigenvalue weighted by atomic mass is 10.2. The normalized spacial score (nSPS) is 20.0. The van der Waals surface area contributed by atoms with Crippen LogP contribution < -0.4 is 0 Å². The zero-order valence-electron chi connectivity index (χ0n) is 15.5. The van der Waals surface area contributed by atoms with E-state index >= 15 is 0 Å². The van der Waals surface area contributed by atoms with Crippen molar-refractivity contribution in [1.82, 2.24) is 14.1 Å². The number of hydrogen-bond donors (Lipinski definition) is 0. The first-order chi connectivity index (χ1) is 12.5. The summed E-state index contributed by atoms with van der Waals surface area (Å²) in [6, 6.07) is 9.76. The van der Waals surface area contributed by atoms with Crippen LogP contribution in [-0.2, 0) is 20.6 Å². The minimum atomic E-state index is -3.34. The average Bonchev–Trinajstić information content (AvgIpc) is 3.17. The van der Waals surface area contributed by atoms with Gasteiger partial charge < -0.3 is 4.90 Å². The predicted molar refractivity (Wildman–Crippen MR) is 102 cm³/mol. The molecule has 144 valence electrons. The Balaban J connectivity index is 1.49. The van der Waals surface area contributed by atoms with E-state index in [1.807, 2.05) is 37.4 Å². The summed E-state index contributed by atoms with van der Waals surface area (Å²) in [7, 11) is -1.31. The summed E-state index contributed by atoms with van der Waals surface area (Å²) in [5.74, 6) is 0.131. The number of sulfonamides is 1. The van der Waals surface area contributed by atoms with Crippen molar-refractivity contribution in [2.75, 3.05) is 39.8 Å². The Morgan fingerprint density at radius 3 is 2.31 bits per heavy atom. The Morgan fingerprint density at radius 2 is 1.69 bits per heavy atom. The number of benzene rings is 1. The van der Waals surface area contributed by atoms with Gasteiger partial charge in [0.2, 0.25) is 15.9 Å². The third kappa shape index (κ3) is 4.84. The van der Waals surface area contributed by atoms with Crippen LogP contribution in [0.1, 0.15) is 31.2 Å². The van der Waals surface area contributed by atoms with Gasteiger partial charge in [-0.05, 0) is 25.5 Å². The molecule has 0 spiro atoms. The molecule has 26 heavy (non-hydrogen) atoms. The second-order valence-corrected chi connectivity index (χ2v) is 9.34. The van der Waals surface area contributed by atoms with Gasteiger partial charge in [0.25, 0.3) is 0 Å². The smallest absolute Gasteiger partial charge is 0.236 e. The summed E-state index contributed by atoms with van der Waals surface area (Å²) >= 11 is 0. The topological polar surface area (TPSA) is 60.9 Å². The quantitative estimate of drug-likeness (QED) is 0.752. The molecule has 1 aliphatic carbocycles. The van der Waals surface area contributed by atoms with Gasteiger partial charge in [-0.2, -0.15) is 4.31 Å². The number of amides is 1. The van der Waals surface area contributed by atoms with E-state index in [-0.39, 0.29) is 11.7 Å². The first-order valence-electron chi connectivity index (χ1n) is 9.45. The fourth-order valence-electron chi connectivity index (χ4n) is 3.88. The van der Waals surface area contributed by atoms with E-state index in [0.717, 1.165) is 5.56 Å². The number of carbonyl (C=O) groups is 1. The van der Waals surface area contributed by atoms with Gasteiger partial charge in [0.1, 0.15) is 0 Å². The van der Waals surface area contributed by atoms with Crippen LogP contribution in [0.15, 0.2) is 30.3 Å². The highest BCUT2D eigenvalue weighted by Gasteiger charge is 2.30. The number of rotatable bonds is 6. The van der Waals surface area contributed by atoms with Crippen molar-refractivity contribution >= 4 is 15.9 Å². The molecule has 6 nitrogen and oxygen atoms in total. The Kier molecular flexibility index (Phi) is 6.32. The number of likely N-dealkylation sites (N-methyl/N-ethyl adjacent to an activating group) is 1. The van der Waals surface area contributed by atoms with Crippen LogP contribution in [-0.4, -0.2) is 74.2 Å². The van der Waals surface area contributed by atoms with Crippen LogP contribution in [0.5, 0.6) is 0 Å². The van der Waals surface area contributed by atoms with Gasteiger partial charge in [0.05, 0.1) is 12.3 Å². The molecule has 0 N–H and O–H groups in total. The summed E-state index contributed by atoms with van der Waals surface area (Å²) in [4.78, 5) is 16.5. The second-order valence-electron chi connectivity index (χ2n) is 7.38. The lowest BCUT2D eigenvalue weighted by Crippen LogP contribution is -2.53. The molecule has 2 fully saturated rings. The molecule has 0 bridgehead atoms. The molecule has 0 atom stereocenters. The molecule has 1 aromatic carbocycles. The SMILES string of the molecule is CN(CC(=O)N1CCN(S(=O)(=O)Cc2ccccc2)CC1)C1CCCC1. The second kappa shape index (κ2) is 8.50. The summed E-state index contributed by atoms with van der Waals surface area (Å²) in [6.07, 6.45) is 4.85. The maximum Gasteiger partial charge on any atom is 0.236 e. The van der Waals surface area contributed by atoms with E-state index in [4.69, 9.17) is 0 Å². The third-order valence-corrected chi connectivity index (χ3v) is 7.36. The van der Waals surface area contributed by atoms with Crippen molar-refractivity contribution in [3.63, 3.8) is 0 Å². The van der Waals surface area contributed by atoms with Crippen LogP contribution in [0.4, 0.5) is 0 Å². The zero-order valence-corrected chi connectivity index (χ0v) is 16.3. The minimum Gasteiger partial charge on any atom is -0.339 e. The van der Waals surface area contributed by atoms with E-state index in [1.165, 1.54) is 30.0 Å². The summed E-state index contributed by atoms with van der Waals surface area (Å²) in [5.41, 5.74) is 0.796. The number of nitrogens with zero attached hydrogens (tertiary/aromatic N) is 3. The van der Waals surface area contributed by atoms with Crippen molar-refractivity contribution < 1.29 is 13.2 Å². The van der Waals surface area contributed by atoms with Crippen molar-refractivity contribution in [2.24, 2.45) is 0 Å². The minimum absolute atomic E-state index is 0.0200. The standard InChI is InChI=1S/C19H29N3O3S/c1-20(18-9-5-6-10-18)15-19(23)21-11-13-22(14-12-21)26(24,25)16-17-7-3-2-4-8-17/h2-4,7-8,18H,5-6,9-16H2,1H3. The van der Waals surface area contributed by atoms with Crippen molar-refractivity contribution in [3.05, 3.63) is 35.9 Å². The summed E-state index contributed by atoms with van der Waals surface area (Å²) in [5, 5.41) is 0. The van der Waals surface area contributed by atoms with Crippen LogP contribution >= 0.6 is 0 Å². The molecular formula is C19H29N3O3S. The molecule has 1 aliphatic heterocycles. The van der Waals surface area contributed by atoms with Gasteiger partial charge >= 0.3 is 0 Å². The number of hydrogen-bond acceptors (Lipinski definition) is 4. The molecule has 1 amide bonds. The Labute approximate surface area is 156 Å². The largest absolute Gasteiger partial charge is 0.339 e. The molecule has 1 aromatic rings. The van der Waals surface area contributed by atoms with Crippen molar-refractivity contribution in [2.45, 2.75) is 37.5 Å². The van der Waals surface area contributed by atoms with Crippen LogP contribution in [0.2, 0.25) is 0 Å². The summed E-state index contributed by atoms with van der Waals surface area (Å²) in [6.45, 7) is 2.15.